The van der Waals surface area contributed by atoms with E-state index in [2.05, 4.69) is 4.98 Å². The van der Waals surface area contributed by atoms with E-state index in [1.807, 2.05) is 0 Å². The van der Waals surface area contributed by atoms with E-state index in [1.165, 1.54) is 18.2 Å². The van der Waals surface area contributed by atoms with Gasteiger partial charge in [-0.15, -0.1) is 0 Å². The lowest BCUT2D eigenvalue weighted by Gasteiger charge is -2.25. The summed E-state index contributed by atoms with van der Waals surface area (Å²) in [7, 11) is 0. The number of hydrogen-bond donors (Lipinski definition) is 0. The Morgan fingerprint density at radius 1 is 1.30 bits per heavy atom. The lowest BCUT2D eigenvalue weighted by molar-refractivity contribution is -0.142. The maximum atomic E-state index is 12.0. The van der Waals surface area contributed by atoms with E-state index in [1.54, 1.807) is 20.8 Å². The molecule has 7 nitrogen and oxygen atoms in total. The summed E-state index contributed by atoms with van der Waals surface area (Å²) < 4.78 is 5.11. The van der Waals surface area contributed by atoms with Crippen LogP contribution in [0.2, 0.25) is 0 Å². The molecule has 0 unspecified atom stereocenters. The molecule has 20 heavy (non-hydrogen) atoms. The van der Waals surface area contributed by atoms with Crippen LogP contribution in [-0.4, -0.2) is 28.9 Å². The van der Waals surface area contributed by atoms with Gasteiger partial charge in [-0.3, -0.25) is 4.79 Å². The molecule has 0 saturated heterocycles. The first-order valence-corrected chi connectivity index (χ1v) is 5.87. The number of anilines is 1. The number of carbonyl (C=O) groups is 3. The molecule has 0 aliphatic carbocycles. The van der Waals surface area contributed by atoms with Crippen LogP contribution in [0.3, 0.4) is 0 Å². The fourth-order valence-electron chi connectivity index (χ4n) is 1.23. The number of nitrogens with zero attached hydrogens (tertiary/aromatic N) is 2. The lowest BCUT2D eigenvalue weighted by atomic mass is 10.2. The molecule has 1 heterocycles. The van der Waals surface area contributed by atoms with Gasteiger partial charge in [0.1, 0.15) is 11.3 Å². The fraction of sp³-hybridized carbons (Fsp3) is 0.385. The topological polar surface area (TPSA) is 85.8 Å². The number of rotatable bonds is 2. The Balaban J connectivity index is 3.07. The van der Waals surface area contributed by atoms with Crippen molar-refractivity contribution < 1.29 is 24.0 Å². The second kappa shape index (κ2) is 6.14. The molecule has 7 heteroatoms. The summed E-state index contributed by atoms with van der Waals surface area (Å²) in [6.07, 6.45) is -0.381. The molecule has 0 aliphatic rings. The molecule has 1 aromatic heterocycles. The largest absolute Gasteiger partial charge is 0.450 e. The smallest absolute Gasteiger partial charge is 0.441 e. The van der Waals surface area contributed by atoms with Crippen molar-refractivity contribution in [3.8, 4) is 0 Å². The first-order chi connectivity index (χ1) is 9.23. The molecular weight excluding hydrogens is 264 g/mol. The molecule has 0 aliphatic heterocycles. The van der Waals surface area contributed by atoms with Crippen LogP contribution in [0.4, 0.5) is 10.6 Å². The van der Waals surface area contributed by atoms with Gasteiger partial charge in [0.15, 0.2) is 12.1 Å². The van der Waals surface area contributed by atoms with Gasteiger partial charge in [-0.05, 0) is 32.9 Å². The second-order valence-corrected chi connectivity index (χ2v) is 4.90. The third-order valence-electron chi connectivity index (χ3n) is 1.86. The predicted molar refractivity (Wildman–Crippen MR) is 70.1 cm³/mol. The van der Waals surface area contributed by atoms with Crippen LogP contribution in [0, 0.1) is 0 Å². The van der Waals surface area contributed by atoms with E-state index in [4.69, 9.17) is 9.57 Å². The van der Waals surface area contributed by atoms with Gasteiger partial charge in [0, 0.05) is 6.92 Å². The molecule has 0 spiro atoms. The standard InChI is InChI=1S/C13H16N2O5/c1-9(17)20-15(12(18)19-13(2,3)4)11-7-5-6-10(8-16)14-11/h5-8H,1-4H3. The quantitative estimate of drug-likeness (QED) is 0.609. The van der Waals surface area contributed by atoms with Gasteiger partial charge in [0.2, 0.25) is 0 Å². The highest BCUT2D eigenvalue weighted by atomic mass is 16.8. The summed E-state index contributed by atoms with van der Waals surface area (Å²) in [5.41, 5.74) is -0.666. The van der Waals surface area contributed by atoms with Crippen molar-refractivity contribution >= 4 is 24.2 Å². The van der Waals surface area contributed by atoms with Gasteiger partial charge >= 0.3 is 12.1 Å². The normalized spacial score (nSPS) is 10.6. The molecule has 0 aromatic carbocycles. The zero-order chi connectivity index (χ0) is 15.3. The average molecular weight is 280 g/mol. The van der Waals surface area contributed by atoms with E-state index in [0.717, 1.165) is 6.92 Å². The minimum Gasteiger partial charge on any atom is -0.441 e. The van der Waals surface area contributed by atoms with Gasteiger partial charge in [-0.2, -0.15) is 0 Å². The summed E-state index contributed by atoms with van der Waals surface area (Å²) in [4.78, 5) is 42.4. The van der Waals surface area contributed by atoms with Crippen molar-refractivity contribution in [1.29, 1.82) is 0 Å². The van der Waals surface area contributed by atoms with Crippen LogP contribution < -0.4 is 5.06 Å². The molecule has 0 N–H and O–H groups in total. The minimum absolute atomic E-state index is 0.0148. The molecule has 0 fully saturated rings. The van der Waals surface area contributed by atoms with Crippen LogP contribution in [-0.2, 0) is 14.4 Å². The zero-order valence-electron chi connectivity index (χ0n) is 11.7. The van der Waals surface area contributed by atoms with Crippen molar-refractivity contribution in [2.24, 2.45) is 0 Å². The summed E-state index contributed by atoms with van der Waals surface area (Å²) >= 11 is 0. The Kier molecular flexibility index (Phi) is 4.79. The van der Waals surface area contributed by atoms with Crippen LogP contribution in [0.1, 0.15) is 38.2 Å². The summed E-state index contributed by atoms with van der Waals surface area (Å²) in [6.45, 7) is 6.16. The molecule has 1 amide bonds. The molecular formula is C13H16N2O5. The van der Waals surface area contributed by atoms with Crippen LogP contribution in [0.5, 0.6) is 0 Å². The Labute approximate surface area is 116 Å². The maximum absolute atomic E-state index is 12.0. The number of pyridine rings is 1. The molecule has 0 atom stereocenters. The van der Waals surface area contributed by atoms with Gasteiger partial charge in [0.05, 0.1) is 0 Å². The third-order valence-corrected chi connectivity index (χ3v) is 1.86. The number of carbonyl (C=O) groups excluding carboxylic acids is 3. The van der Waals surface area contributed by atoms with Gasteiger partial charge in [-0.25, -0.2) is 14.6 Å². The fourth-order valence-corrected chi connectivity index (χ4v) is 1.23. The first kappa shape index (κ1) is 15.6. The molecule has 1 rings (SSSR count). The van der Waals surface area contributed by atoms with E-state index in [-0.39, 0.29) is 11.5 Å². The number of aldehydes is 1. The molecule has 0 bridgehead atoms. The van der Waals surface area contributed by atoms with Crippen LogP contribution in [0.25, 0.3) is 0 Å². The molecule has 1 aromatic rings. The van der Waals surface area contributed by atoms with Gasteiger partial charge < -0.3 is 9.57 Å². The summed E-state index contributed by atoms with van der Waals surface area (Å²) in [5.74, 6) is -0.729. The Morgan fingerprint density at radius 3 is 2.45 bits per heavy atom. The number of amides is 1. The monoisotopic (exact) mass is 280 g/mol. The van der Waals surface area contributed by atoms with E-state index in [9.17, 15) is 14.4 Å². The summed E-state index contributed by atoms with van der Waals surface area (Å²) in [6, 6.07) is 4.38. The maximum Gasteiger partial charge on any atom is 0.450 e. The van der Waals surface area contributed by atoms with E-state index >= 15 is 0 Å². The zero-order valence-corrected chi connectivity index (χ0v) is 11.7. The highest BCUT2D eigenvalue weighted by molar-refractivity contribution is 5.87. The lowest BCUT2D eigenvalue weighted by Crippen LogP contribution is -2.38. The van der Waals surface area contributed by atoms with Crippen LogP contribution in [0.15, 0.2) is 18.2 Å². The first-order valence-electron chi connectivity index (χ1n) is 5.87. The Bertz CT molecular complexity index is 522. The van der Waals surface area contributed by atoms with Gasteiger partial charge in [0.25, 0.3) is 0 Å². The van der Waals surface area contributed by atoms with E-state index in [0.29, 0.717) is 11.3 Å². The van der Waals surface area contributed by atoms with Crippen molar-refractivity contribution in [3.05, 3.63) is 23.9 Å². The highest BCUT2D eigenvalue weighted by Gasteiger charge is 2.27. The molecule has 0 radical (unpaired) electrons. The van der Waals surface area contributed by atoms with Gasteiger partial charge in [-0.1, -0.05) is 11.1 Å². The molecule has 0 saturated carbocycles. The second-order valence-electron chi connectivity index (χ2n) is 4.90. The van der Waals surface area contributed by atoms with Crippen molar-refractivity contribution in [1.82, 2.24) is 4.98 Å². The number of aromatic nitrogens is 1. The Hall–Kier alpha value is -2.44. The molecule has 108 valence electrons. The predicted octanol–water partition coefficient (Wildman–Crippen LogP) is 2.11. The number of ether oxygens (including phenoxy) is 1. The highest BCUT2D eigenvalue weighted by Crippen LogP contribution is 2.17. The SMILES string of the molecule is CC(=O)ON(C(=O)OC(C)(C)C)c1cccc(C=O)n1. The third kappa shape index (κ3) is 4.68. The summed E-state index contributed by atoms with van der Waals surface area (Å²) in [5, 5.41) is 0.612. The average Bonchev–Trinajstić information content (AvgIpc) is 2.33. The van der Waals surface area contributed by atoms with Crippen LogP contribution >= 0.6 is 0 Å². The van der Waals surface area contributed by atoms with E-state index < -0.39 is 17.7 Å². The van der Waals surface area contributed by atoms with Crippen molar-refractivity contribution in [2.75, 3.05) is 5.06 Å². The van der Waals surface area contributed by atoms with Crippen molar-refractivity contribution in [3.63, 3.8) is 0 Å². The van der Waals surface area contributed by atoms with Crippen molar-refractivity contribution in [2.45, 2.75) is 33.3 Å². The Morgan fingerprint density at radius 2 is 1.95 bits per heavy atom. The minimum atomic E-state index is -0.900. The number of hydrogen-bond acceptors (Lipinski definition) is 6. The number of hydroxylamine groups is 1.